The largest absolute Gasteiger partial charge is 0.454 e. The van der Waals surface area contributed by atoms with E-state index < -0.39 is 0 Å². The Kier molecular flexibility index (Phi) is 4.66. The lowest BCUT2D eigenvalue weighted by molar-refractivity contribution is 0.0970. The monoisotopic (exact) mass is 290 g/mol. The summed E-state index contributed by atoms with van der Waals surface area (Å²) < 4.78 is 10.9. The highest BCUT2D eigenvalue weighted by Crippen LogP contribution is 2.37. The molecule has 0 aromatic heterocycles. The number of hydrogen-bond donors (Lipinski definition) is 1. The van der Waals surface area contributed by atoms with E-state index >= 15 is 0 Å². The maximum atomic E-state index is 5.52. The molecule has 1 aromatic rings. The number of ether oxygens (including phenoxy) is 2. The van der Waals surface area contributed by atoms with Gasteiger partial charge < -0.3 is 14.8 Å². The van der Waals surface area contributed by atoms with Gasteiger partial charge in [0, 0.05) is 12.1 Å². The van der Waals surface area contributed by atoms with Crippen molar-refractivity contribution in [1.82, 2.24) is 10.2 Å². The summed E-state index contributed by atoms with van der Waals surface area (Å²) in [7, 11) is 2.04. The van der Waals surface area contributed by atoms with Crippen LogP contribution in [0.2, 0.25) is 0 Å². The maximum absolute atomic E-state index is 5.52. The van der Waals surface area contributed by atoms with Crippen LogP contribution in [0.25, 0.3) is 0 Å². The summed E-state index contributed by atoms with van der Waals surface area (Å²) >= 11 is 0. The molecule has 1 fully saturated rings. The molecule has 0 saturated carbocycles. The zero-order valence-corrected chi connectivity index (χ0v) is 13.1. The molecule has 116 valence electrons. The zero-order valence-electron chi connectivity index (χ0n) is 13.1. The second-order valence-electron chi connectivity index (χ2n) is 6.07. The van der Waals surface area contributed by atoms with E-state index in [-0.39, 0.29) is 0 Å². The molecule has 1 saturated heterocycles. The van der Waals surface area contributed by atoms with Crippen LogP contribution in [-0.2, 0) is 0 Å². The Morgan fingerprint density at radius 1 is 1.29 bits per heavy atom. The lowest BCUT2D eigenvalue weighted by Crippen LogP contribution is -2.42. The van der Waals surface area contributed by atoms with E-state index in [1.807, 2.05) is 13.1 Å². The molecule has 0 aliphatic carbocycles. The minimum atomic E-state index is 0.349. The molecule has 2 unspecified atom stereocenters. The highest BCUT2D eigenvalue weighted by molar-refractivity contribution is 5.45. The minimum absolute atomic E-state index is 0.349. The van der Waals surface area contributed by atoms with Crippen molar-refractivity contribution < 1.29 is 9.47 Å². The number of benzene rings is 1. The molecular formula is C17H26N2O2. The molecule has 4 heteroatoms. The van der Waals surface area contributed by atoms with E-state index in [0.717, 1.165) is 18.0 Å². The van der Waals surface area contributed by atoms with Gasteiger partial charge in [-0.1, -0.05) is 12.5 Å². The second-order valence-corrected chi connectivity index (χ2v) is 6.07. The maximum Gasteiger partial charge on any atom is 0.231 e. The van der Waals surface area contributed by atoms with Crippen LogP contribution in [0.3, 0.4) is 0 Å². The fourth-order valence-corrected chi connectivity index (χ4v) is 3.52. The quantitative estimate of drug-likeness (QED) is 0.904. The highest BCUT2D eigenvalue weighted by Gasteiger charge is 2.27. The number of nitrogens with one attached hydrogen (secondary N) is 1. The summed E-state index contributed by atoms with van der Waals surface area (Å²) in [4.78, 5) is 2.67. The van der Waals surface area contributed by atoms with E-state index in [1.54, 1.807) is 0 Å². The van der Waals surface area contributed by atoms with Gasteiger partial charge in [0.05, 0.1) is 0 Å². The SMILES string of the molecule is CNCCC1CCCCN1C(C)c1ccc2c(c1)OCO2. The molecule has 1 aromatic carbocycles. The fraction of sp³-hybridized carbons (Fsp3) is 0.647. The van der Waals surface area contributed by atoms with E-state index in [9.17, 15) is 0 Å². The molecule has 0 bridgehead atoms. The Hall–Kier alpha value is -1.26. The minimum Gasteiger partial charge on any atom is -0.454 e. The topological polar surface area (TPSA) is 33.7 Å². The zero-order chi connectivity index (χ0) is 14.7. The van der Waals surface area contributed by atoms with E-state index in [1.165, 1.54) is 37.8 Å². The van der Waals surface area contributed by atoms with Crippen LogP contribution >= 0.6 is 0 Å². The van der Waals surface area contributed by atoms with Gasteiger partial charge in [0.2, 0.25) is 6.79 Å². The third-order valence-electron chi connectivity index (χ3n) is 4.78. The van der Waals surface area contributed by atoms with Crippen LogP contribution in [0.4, 0.5) is 0 Å². The van der Waals surface area contributed by atoms with Crippen LogP contribution in [0.5, 0.6) is 11.5 Å². The Balaban J connectivity index is 1.74. The summed E-state index contributed by atoms with van der Waals surface area (Å²) in [5.74, 6) is 1.76. The second kappa shape index (κ2) is 6.67. The van der Waals surface area contributed by atoms with Gasteiger partial charge in [-0.2, -0.15) is 0 Å². The Morgan fingerprint density at radius 2 is 2.14 bits per heavy atom. The lowest BCUT2D eigenvalue weighted by atomic mass is 9.95. The number of rotatable bonds is 5. The molecule has 3 rings (SSSR count). The molecule has 0 spiro atoms. The van der Waals surface area contributed by atoms with Crippen molar-refractivity contribution in [3.8, 4) is 11.5 Å². The van der Waals surface area contributed by atoms with Gasteiger partial charge in [-0.05, 0) is 64.0 Å². The summed E-state index contributed by atoms with van der Waals surface area (Å²) in [6.07, 6.45) is 5.21. The van der Waals surface area contributed by atoms with E-state index in [0.29, 0.717) is 18.9 Å². The molecule has 2 aliphatic heterocycles. The number of piperidine rings is 1. The summed E-state index contributed by atoms with van der Waals surface area (Å²) in [6, 6.07) is 7.49. The third kappa shape index (κ3) is 3.16. The number of fused-ring (bicyclic) bond motifs is 1. The first-order chi connectivity index (χ1) is 10.3. The van der Waals surface area contributed by atoms with Gasteiger partial charge in [-0.15, -0.1) is 0 Å². The van der Waals surface area contributed by atoms with Gasteiger partial charge in [-0.3, -0.25) is 4.90 Å². The van der Waals surface area contributed by atoms with E-state index in [2.05, 4.69) is 29.3 Å². The standard InChI is InChI=1S/C17H26N2O2/c1-13(14-6-7-16-17(11-14)21-12-20-16)19-10-4-3-5-15(19)8-9-18-2/h6-7,11,13,15,18H,3-5,8-10,12H2,1-2H3. The van der Waals surface area contributed by atoms with Gasteiger partial charge in [0.25, 0.3) is 0 Å². The van der Waals surface area contributed by atoms with Crippen LogP contribution in [0.1, 0.15) is 44.2 Å². The fourth-order valence-electron chi connectivity index (χ4n) is 3.52. The van der Waals surface area contributed by atoms with Gasteiger partial charge in [0.1, 0.15) is 0 Å². The molecule has 2 atom stereocenters. The Bertz CT molecular complexity index is 478. The first-order valence-electron chi connectivity index (χ1n) is 8.09. The van der Waals surface area contributed by atoms with Crippen molar-refractivity contribution in [2.75, 3.05) is 26.9 Å². The van der Waals surface area contributed by atoms with Crippen molar-refractivity contribution >= 4 is 0 Å². The summed E-state index contributed by atoms with van der Waals surface area (Å²) in [6.45, 7) is 4.95. The van der Waals surface area contributed by atoms with Gasteiger partial charge in [0.15, 0.2) is 11.5 Å². The molecule has 2 aliphatic rings. The van der Waals surface area contributed by atoms with Crippen molar-refractivity contribution in [3.63, 3.8) is 0 Å². The third-order valence-corrected chi connectivity index (χ3v) is 4.78. The number of nitrogens with zero attached hydrogens (tertiary/aromatic N) is 1. The summed E-state index contributed by atoms with van der Waals surface area (Å²) in [5.41, 5.74) is 1.33. The normalized spacial score (nSPS) is 23.2. The van der Waals surface area contributed by atoms with Crippen molar-refractivity contribution in [3.05, 3.63) is 23.8 Å². The summed E-state index contributed by atoms with van der Waals surface area (Å²) in [5, 5.41) is 3.29. The predicted molar refractivity (Wildman–Crippen MR) is 83.9 cm³/mol. The molecule has 0 amide bonds. The van der Waals surface area contributed by atoms with Crippen LogP contribution in [0, 0.1) is 0 Å². The van der Waals surface area contributed by atoms with E-state index in [4.69, 9.17) is 9.47 Å². The predicted octanol–water partition coefficient (Wildman–Crippen LogP) is 2.94. The molecular weight excluding hydrogens is 264 g/mol. The van der Waals surface area contributed by atoms with Crippen LogP contribution in [0.15, 0.2) is 18.2 Å². The lowest BCUT2D eigenvalue weighted by Gasteiger charge is -2.40. The average molecular weight is 290 g/mol. The van der Waals surface area contributed by atoms with Crippen molar-refractivity contribution in [1.29, 1.82) is 0 Å². The smallest absolute Gasteiger partial charge is 0.231 e. The first kappa shape index (κ1) is 14.7. The van der Waals surface area contributed by atoms with Crippen LogP contribution < -0.4 is 14.8 Å². The van der Waals surface area contributed by atoms with Gasteiger partial charge >= 0.3 is 0 Å². The molecule has 1 N–H and O–H groups in total. The average Bonchev–Trinajstić information content (AvgIpc) is 3.00. The number of likely N-dealkylation sites (tertiary alicyclic amines) is 1. The highest BCUT2D eigenvalue weighted by atomic mass is 16.7. The number of hydrogen-bond acceptors (Lipinski definition) is 4. The molecule has 0 radical (unpaired) electrons. The van der Waals surface area contributed by atoms with Crippen molar-refractivity contribution in [2.24, 2.45) is 0 Å². The van der Waals surface area contributed by atoms with Crippen molar-refractivity contribution in [2.45, 2.75) is 44.7 Å². The molecule has 2 heterocycles. The molecule has 21 heavy (non-hydrogen) atoms. The Morgan fingerprint density at radius 3 is 3.00 bits per heavy atom. The first-order valence-corrected chi connectivity index (χ1v) is 8.09. The Labute approximate surface area is 127 Å². The van der Waals surface area contributed by atoms with Crippen LogP contribution in [-0.4, -0.2) is 37.9 Å². The van der Waals surface area contributed by atoms with Gasteiger partial charge in [-0.25, -0.2) is 0 Å². The molecule has 4 nitrogen and oxygen atoms in total.